The first-order valence-corrected chi connectivity index (χ1v) is 5.60. The highest BCUT2D eigenvalue weighted by molar-refractivity contribution is 7.07. The zero-order valence-electron chi connectivity index (χ0n) is 8.36. The van der Waals surface area contributed by atoms with Crippen molar-refractivity contribution in [3.05, 3.63) is 39.0 Å². The van der Waals surface area contributed by atoms with Gasteiger partial charge >= 0.3 is 4.87 Å². The van der Waals surface area contributed by atoms with Gasteiger partial charge in [-0.3, -0.25) is 9.36 Å². The molecule has 1 aromatic rings. The van der Waals surface area contributed by atoms with E-state index in [1.54, 1.807) is 4.57 Å². The number of aromatic nitrogens is 1. The molecule has 0 fully saturated rings. The molecule has 0 aromatic carbocycles. The first-order valence-electron chi connectivity index (χ1n) is 4.72. The van der Waals surface area contributed by atoms with Gasteiger partial charge in [-0.05, 0) is 25.3 Å². The van der Waals surface area contributed by atoms with Crippen LogP contribution >= 0.6 is 11.3 Å². The number of thiazole rings is 1. The molecule has 2 rings (SSSR count). The molecule has 1 aromatic heterocycles. The molecule has 0 amide bonds. The van der Waals surface area contributed by atoms with Crippen molar-refractivity contribution in [1.29, 1.82) is 0 Å². The molecule has 1 atom stereocenters. The van der Waals surface area contributed by atoms with Crippen LogP contribution in [-0.2, 0) is 0 Å². The topological polar surface area (TPSA) is 22.0 Å². The molecule has 14 heavy (non-hydrogen) atoms. The van der Waals surface area contributed by atoms with Gasteiger partial charge in [0.2, 0.25) is 0 Å². The van der Waals surface area contributed by atoms with Crippen LogP contribution < -0.4 is 4.87 Å². The van der Waals surface area contributed by atoms with Gasteiger partial charge in [-0.15, -0.1) is 0 Å². The Kier molecular flexibility index (Phi) is 2.42. The van der Waals surface area contributed by atoms with Crippen molar-refractivity contribution in [2.24, 2.45) is 5.92 Å². The van der Waals surface area contributed by atoms with Crippen LogP contribution in [0.2, 0.25) is 0 Å². The quantitative estimate of drug-likeness (QED) is 0.694. The Bertz CT molecular complexity index is 450. The lowest BCUT2D eigenvalue weighted by Crippen LogP contribution is -2.13. The van der Waals surface area contributed by atoms with Gasteiger partial charge in [0.1, 0.15) is 0 Å². The summed E-state index contributed by atoms with van der Waals surface area (Å²) in [5.74, 6) is 0.529. The lowest BCUT2D eigenvalue weighted by molar-refractivity contribution is 0.704. The van der Waals surface area contributed by atoms with Crippen LogP contribution in [-0.4, -0.2) is 4.57 Å². The molecule has 0 saturated carbocycles. The predicted octanol–water partition coefficient (Wildman–Crippen LogP) is 2.74. The molecule has 0 radical (unpaired) electrons. The smallest absolute Gasteiger partial charge is 0.275 e. The van der Waals surface area contributed by atoms with Crippen LogP contribution in [0, 0.1) is 5.92 Å². The van der Waals surface area contributed by atoms with E-state index in [2.05, 4.69) is 26.0 Å². The molecule has 1 aliphatic rings. The molecule has 0 spiro atoms. The van der Waals surface area contributed by atoms with E-state index in [1.807, 2.05) is 11.6 Å². The van der Waals surface area contributed by atoms with Crippen molar-refractivity contribution in [2.45, 2.75) is 20.3 Å². The largest absolute Gasteiger partial charge is 0.311 e. The minimum absolute atomic E-state index is 0.0920. The van der Waals surface area contributed by atoms with Gasteiger partial charge < -0.3 is 0 Å². The molecular formula is C11H13NOS. The molecular weight excluding hydrogens is 194 g/mol. The standard InChI is InChI=1S/C11H13NOS/c1-8-5-9(2)7-10(6-8)12-3-4-14-11(12)13/h3-4,6-8H,5H2,1-2H3. The van der Waals surface area contributed by atoms with Crippen LogP contribution in [0.5, 0.6) is 0 Å². The third-order valence-electron chi connectivity index (χ3n) is 2.35. The fourth-order valence-electron chi connectivity index (χ4n) is 1.83. The zero-order chi connectivity index (χ0) is 10.1. The number of hydrogen-bond acceptors (Lipinski definition) is 2. The Balaban J connectivity index is 2.45. The number of hydrogen-bond donors (Lipinski definition) is 0. The van der Waals surface area contributed by atoms with Gasteiger partial charge in [0.05, 0.1) is 0 Å². The van der Waals surface area contributed by atoms with E-state index in [0.717, 1.165) is 12.1 Å². The third kappa shape index (κ3) is 1.73. The summed E-state index contributed by atoms with van der Waals surface area (Å²) in [5, 5.41) is 1.83. The summed E-state index contributed by atoms with van der Waals surface area (Å²) in [7, 11) is 0. The normalized spacial score (nSPS) is 21.7. The van der Waals surface area contributed by atoms with Crippen molar-refractivity contribution in [3.8, 4) is 0 Å². The molecule has 1 heterocycles. The van der Waals surface area contributed by atoms with E-state index in [-0.39, 0.29) is 4.87 Å². The second-order valence-electron chi connectivity index (χ2n) is 3.80. The summed E-state index contributed by atoms with van der Waals surface area (Å²) in [6.07, 6.45) is 7.18. The summed E-state index contributed by atoms with van der Waals surface area (Å²) in [6.45, 7) is 4.29. The molecule has 3 heteroatoms. The van der Waals surface area contributed by atoms with Gasteiger partial charge in [-0.1, -0.05) is 29.9 Å². The van der Waals surface area contributed by atoms with Gasteiger partial charge in [-0.25, -0.2) is 0 Å². The van der Waals surface area contributed by atoms with Crippen molar-refractivity contribution in [2.75, 3.05) is 0 Å². The summed E-state index contributed by atoms with van der Waals surface area (Å²) < 4.78 is 1.71. The molecule has 74 valence electrons. The highest BCUT2D eigenvalue weighted by atomic mass is 32.1. The monoisotopic (exact) mass is 207 g/mol. The second kappa shape index (κ2) is 3.58. The Hall–Kier alpha value is -1.09. The lowest BCUT2D eigenvalue weighted by Gasteiger charge is -2.16. The van der Waals surface area contributed by atoms with Crippen molar-refractivity contribution < 1.29 is 0 Å². The fraction of sp³-hybridized carbons (Fsp3) is 0.364. The summed E-state index contributed by atoms with van der Waals surface area (Å²) in [4.78, 5) is 11.5. The molecule has 0 bridgehead atoms. The van der Waals surface area contributed by atoms with Gasteiger partial charge in [0, 0.05) is 17.3 Å². The predicted molar refractivity (Wildman–Crippen MR) is 60.4 cm³/mol. The Morgan fingerprint density at radius 2 is 2.36 bits per heavy atom. The molecule has 0 saturated heterocycles. The lowest BCUT2D eigenvalue weighted by atomic mass is 9.95. The molecule has 0 N–H and O–H groups in total. The molecule has 1 unspecified atom stereocenters. The van der Waals surface area contributed by atoms with E-state index in [9.17, 15) is 4.79 Å². The minimum Gasteiger partial charge on any atom is -0.275 e. The fourth-order valence-corrected chi connectivity index (χ4v) is 2.41. The SMILES string of the molecule is CC1=CC(n2ccsc2=O)=CC(C)C1. The van der Waals surface area contributed by atoms with E-state index < -0.39 is 0 Å². The molecule has 2 nitrogen and oxygen atoms in total. The summed E-state index contributed by atoms with van der Waals surface area (Å²) in [5.41, 5.74) is 2.36. The van der Waals surface area contributed by atoms with Crippen LogP contribution in [0.25, 0.3) is 5.70 Å². The average molecular weight is 207 g/mol. The second-order valence-corrected chi connectivity index (χ2v) is 4.66. The van der Waals surface area contributed by atoms with Crippen molar-refractivity contribution >= 4 is 17.0 Å². The highest BCUT2D eigenvalue weighted by Gasteiger charge is 2.10. The number of nitrogens with zero attached hydrogens (tertiary/aromatic N) is 1. The van der Waals surface area contributed by atoms with E-state index in [0.29, 0.717) is 5.92 Å². The maximum Gasteiger partial charge on any atom is 0.311 e. The van der Waals surface area contributed by atoms with Crippen molar-refractivity contribution in [3.63, 3.8) is 0 Å². The van der Waals surface area contributed by atoms with Gasteiger partial charge in [-0.2, -0.15) is 0 Å². The Morgan fingerprint density at radius 3 is 2.93 bits per heavy atom. The van der Waals surface area contributed by atoms with Crippen LogP contribution in [0.15, 0.2) is 34.1 Å². The maximum atomic E-state index is 11.4. The number of allylic oxidation sites excluding steroid dienone is 4. The van der Waals surface area contributed by atoms with Crippen LogP contribution in [0.4, 0.5) is 0 Å². The molecule has 0 aliphatic heterocycles. The maximum absolute atomic E-state index is 11.4. The zero-order valence-corrected chi connectivity index (χ0v) is 9.17. The Labute approximate surface area is 87.2 Å². The van der Waals surface area contributed by atoms with Gasteiger partial charge in [0.25, 0.3) is 0 Å². The first kappa shape index (κ1) is 9.46. The number of rotatable bonds is 1. The van der Waals surface area contributed by atoms with E-state index >= 15 is 0 Å². The van der Waals surface area contributed by atoms with Crippen LogP contribution in [0.3, 0.4) is 0 Å². The highest BCUT2D eigenvalue weighted by Crippen LogP contribution is 2.23. The first-order chi connectivity index (χ1) is 6.66. The van der Waals surface area contributed by atoms with Crippen molar-refractivity contribution in [1.82, 2.24) is 4.57 Å². The van der Waals surface area contributed by atoms with Gasteiger partial charge in [0.15, 0.2) is 0 Å². The summed E-state index contributed by atoms with van der Waals surface area (Å²) in [6, 6.07) is 0. The van der Waals surface area contributed by atoms with E-state index in [4.69, 9.17) is 0 Å². The third-order valence-corrected chi connectivity index (χ3v) is 3.00. The minimum atomic E-state index is 0.0920. The Morgan fingerprint density at radius 1 is 1.57 bits per heavy atom. The summed E-state index contributed by atoms with van der Waals surface area (Å²) >= 11 is 1.24. The van der Waals surface area contributed by atoms with E-state index in [1.165, 1.54) is 16.9 Å². The van der Waals surface area contributed by atoms with Crippen LogP contribution in [0.1, 0.15) is 20.3 Å². The molecule has 1 aliphatic carbocycles. The average Bonchev–Trinajstić information content (AvgIpc) is 2.49.